The Morgan fingerprint density at radius 3 is 2.54 bits per heavy atom. The van der Waals surface area contributed by atoms with Crippen molar-refractivity contribution in [2.75, 3.05) is 26.4 Å². The first kappa shape index (κ1) is 12.4. The molecule has 0 N–H and O–H groups in total. The third-order valence-electron chi connectivity index (χ3n) is 1.20. The topological polar surface area (TPSA) is 44.8 Å². The van der Waals surface area contributed by atoms with Crippen molar-refractivity contribution < 1.29 is 19.0 Å². The summed E-state index contributed by atoms with van der Waals surface area (Å²) < 4.78 is 14.9. The van der Waals surface area contributed by atoms with E-state index >= 15 is 0 Å². The molecule has 0 fully saturated rings. The number of carbonyl (C=O) groups excluding carboxylic acids is 1. The summed E-state index contributed by atoms with van der Waals surface area (Å²) in [5.74, 6) is -0.327. The van der Waals surface area contributed by atoms with E-state index in [1.807, 2.05) is 13.8 Å². The van der Waals surface area contributed by atoms with Crippen LogP contribution in [0.2, 0.25) is 0 Å². The maximum absolute atomic E-state index is 10.8. The van der Waals surface area contributed by atoms with Crippen LogP contribution in [0.25, 0.3) is 0 Å². The standard InChI is InChI=1S/C9H18O4/c1-4-12-9(10)7-11-5-6-13-8(2)3/h8H,4-7H2,1-3H3. The summed E-state index contributed by atoms with van der Waals surface area (Å²) in [5, 5.41) is 0. The van der Waals surface area contributed by atoms with Crippen molar-refractivity contribution in [3.8, 4) is 0 Å². The van der Waals surface area contributed by atoms with Crippen molar-refractivity contribution in [1.82, 2.24) is 0 Å². The van der Waals surface area contributed by atoms with Crippen LogP contribution in [-0.4, -0.2) is 38.5 Å². The quantitative estimate of drug-likeness (QED) is 0.443. The first-order chi connectivity index (χ1) is 6.16. The van der Waals surface area contributed by atoms with Gasteiger partial charge in [-0.1, -0.05) is 0 Å². The van der Waals surface area contributed by atoms with Gasteiger partial charge in [-0.05, 0) is 20.8 Å². The van der Waals surface area contributed by atoms with Crippen molar-refractivity contribution in [3.63, 3.8) is 0 Å². The molecule has 0 spiro atoms. The van der Waals surface area contributed by atoms with Crippen LogP contribution in [0.3, 0.4) is 0 Å². The van der Waals surface area contributed by atoms with Gasteiger partial charge in [-0.15, -0.1) is 0 Å². The summed E-state index contributed by atoms with van der Waals surface area (Å²) in [5.41, 5.74) is 0. The molecule has 0 rings (SSSR count). The van der Waals surface area contributed by atoms with E-state index in [0.717, 1.165) is 0 Å². The van der Waals surface area contributed by atoms with Crippen molar-refractivity contribution in [2.45, 2.75) is 26.9 Å². The van der Waals surface area contributed by atoms with Crippen molar-refractivity contribution in [3.05, 3.63) is 0 Å². The van der Waals surface area contributed by atoms with E-state index in [1.54, 1.807) is 6.92 Å². The Labute approximate surface area is 79.2 Å². The SMILES string of the molecule is CCOC(=O)COCCOC(C)C. The van der Waals surface area contributed by atoms with Gasteiger partial charge in [0.1, 0.15) is 6.61 Å². The van der Waals surface area contributed by atoms with Gasteiger partial charge in [0.15, 0.2) is 0 Å². The van der Waals surface area contributed by atoms with Crippen LogP contribution in [0.1, 0.15) is 20.8 Å². The lowest BCUT2D eigenvalue weighted by molar-refractivity contribution is -0.149. The first-order valence-electron chi connectivity index (χ1n) is 4.51. The largest absolute Gasteiger partial charge is 0.464 e. The van der Waals surface area contributed by atoms with E-state index < -0.39 is 0 Å². The number of hydrogen-bond acceptors (Lipinski definition) is 4. The molecular formula is C9H18O4. The maximum Gasteiger partial charge on any atom is 0.332 e. The second-order valence-electron chi connectivity index (χ2n) is 2.78. The Balaban J connectivity index is 3.11. The van der Waals surface area contributed by atoms with Gasteiger partial charge in [-0.3, -0.25) is 0 Å². The highest BCUT2D eigenvalue weighted by molar-refractivity contribution is 5.70. The lowest BCUT2D eigenvalue weighted by Crippen LogP contribution is -2.16. The molecule has 4 nitrogen and oxygen atoms in total. The van der Waals surface area contributed by atoms with Crippen molar-refractivity contribution in [1.29, 1.82) is 0 Å². The van der Waals surface area contributed by atoms with E-state index in [9.17, 15) is 4.79 Å². The summed E-state index contributed by atoms with van der Waals surface area (Å²) in [7, 11) is 0. The smallest absolute Gasteiger partial charge is 0.332 e. The Morgan fingerprint density at radius 2 is 2.00 bits per heavy atom. The summed E-state index contributed by atoms with van der Waals surface area (Å²) >= 11 is 0. The number of carbonyl (C=O) groups is 1. The van der Waals surface area contributed by atoms with E-state index in [2.05, 4.69) is 4.74 Å². The van der Waals surface area contributed by atoms with Gasteiger partial charge >= 0.3 is 5.97 Å². The summed E-state index contributed by atoms with van der Waals surface area (Å²) in [4.78, 5) is 10.8. The highest BCUT2D eigenvalue weighted by atomic mass is 16.6. The Bertz CT molecular complexity index is 134. The zero-order valence-corrected chi connectivity index (χ0v) is 8.54. The van der Waals surface area contributed by atoms with Crippen molar-refractivity contribution in [2.24, 2.45) is 0 Å². The fourth-order valence-electron chi connectivity index (χ4n) is 0.701. The van der Waals surface area contributed by atoms with E-state index in [-0.39, 0.29) is 18.7 Å². The molecule has 4 heteroatoms. The van der Waals surface area contributed by atoms with Crippen LogP contribution in [0.4, 0.5) is 0 Å². The van der Waals surface area contributed by atoms with Crippen LogP contribution in [0.15, 0.2) is 0 Å². The Kier molecular flexibility index (Phi) is 7.63. The molecule has 0 aromatic heterocycles. The fraction of sp³-hybridized carbons (Fsp3) is 0.889. The lowest BCUT2D eigenvalue weighted by Gasteiger charge is -2.07. The van der Waals surface area contributed by atoms with Gasteiger partial charge in [0, 0.05) is 0 Å². The van der Waals surface area contributed by atoms with Crippen LogP contribution >= 0.6 is 0 Å². The van der Waals surface area contributed by atoms with Gasteiger partial charge in [-0.2, -0.15) is 0 Å². The van der Waals surface area contributed by atoms with Crippen molar-refractivity contribution >= 4 is 5.97 Å². The summed E-state index contributed by atoms with van der Waals surface area (Å²) in [6.45, 7) is 7.00. The summed E-state index contributed by atoms with van der Waals surface area (Å²) in [6.07, 6.45) is 0.200. The molecule has 0 aliphatic carbocycles. The summed E-state index contributed by atoms with van der Waals surface area (Å²) in [6, 6.07) is 0. The third kappa shape index (κ3) is 9.30. The van der Waals surface area contributed by atoms with Crippen LogP contribution < -0.4 is 0 Å². The minimum Gasteiger partial charge on any atom is -0.464 e. The average molecular weight is 190 g/mol. The van der Waals surface area contributed by atoms with Crippen LogP contribution in [-0.2, 0) is 19.0 Å². The third-order valence-corrected chi connectivity index (χ3v) is 1.20. The maximum atomic E-state index is 10.8. The normalized spacial score (nSPS) is 10.5. The van der Waals surface area contributed by atoms with Gasteiger partial charge < -0.3 is 14.2 Å². The predicted molar refractivity (Wildman–Crippen MR) is 48.5 cm³/mol. The first-order valence-corrected chi connectivity index (χ1v) is 4.51. The highest BCUT2D eigenvalue weighted by Crippen LogP contribution is 1.87. The molecule has 0 radical (unpaired) electrons. The molecule has 0 bridgehead atoms. The fourth-order valence-corrected chi connectivity index (χ4v) is 0.701. The van der Waals surface area contributed by atoms with E-state index in [4.69, 9.17) is 9.47 Å². The molecule has 13 heavy (non-hydrogen) atoms. The molecule has 0 amide bonds. The molecule has 0 unspecified atom stereocenters. The van der Waals surface area contributed by atoms with E-state index in [0.29, 0.717) is 19.8 Å². The number of hydrogen-bond donors (Lipinski definition) is 0. The predicted octanol–water partition coefficient (Wildman–Crippen LogP) is 0.991. The number of ether oxygens (including phenoxy) is 3. The monoisotopic (exact) mass is 190 g/mol. The second-order valence-corrected chi connectivity index (χ2v) is 2.78. The van der Waals surface area contributed by atoms with Crippen LogP contribution in [0, 0.1) is 0 Å². The minimum atomic E-state index is -0.327. The second kappa shape index (κ2) is 8.01. The Hall–Kier alpha value is -0.610. The van der Waals surface area contributed by atoms with E-state index in [1.165, 1.54) is 0 Å². The molecule has 0 saturated heterocycles. The minimum absolute atomic E-state index is 0.00922. The number of esters is 1. The highest BCUT2D eigenvalue weighted by Gasteiger charge is 2.00. The van der Waals surface area contributed by atoms with Gasteiger partial charge in [-0.25, -0.2) is 4.79 Å². The molecule has 0 aromatic carbocycles. The average Bonchev–Trinajstić information content (AvgIpc) is 2.03. The zero-order chi connectivity index (χ0) is 10.1. The zero-order valence-electron chi connectivity index (χ0n) is 8.54. The lowest BCUT2D eigenvalue weighted by atomic mass is 10.5. The van der Waals surface area contributed by atoms with Gasteiger partial charge in [0.2, 0.25) is 0 Å². The van der Waals surface area contributed by atoms with Gasteiger partial charge in [0.25, 0.3) is 0 Å². The van der Waals surface area contributed by atoms with Crippen LogP contribution in [0.5, 0.6) is 0 Å². The molecule has 0 aliphatic heterocycles. The molecular weight excluding hydrogens is 172 g/mol. The molecule has 0 aliphatic rings. The molecule has 0 saturated carbocycles. The molecule has 78 valence electrons. The molecule has 0 heterocycles. The number of rotatable bonds is 7. The Morgan fingerprint density at radius 1 is 1.31 bits per heavy atom. The molecule has 0 aromatic rings. The molecule has 0 atom stereocenters. The van der Waals surface area contributed by atoms with Gasteiger partial charge in [0.05, 0.1) is 25.9 Å².